The molecule has 0 atom stereocenters. The summed E-state index contributed by atoms with van der Waals surface area (Å²) in [5.41, 5.74) is 3.14. The highest BCUT2D eigenvalue weighted by Crippen LogP contribution is 2.25. The summed E-state index contributed by atoms with van der Waals surface area (Å²) in [6.45, 7) is -0.103. The number of halogens is 4. The minimum atomic E-state index is -2.86. The molecule has 0 heterocycles. The number of unbranched alkanes of at least 4 members (excludes halogenated alkanes) is 3. The maximum atomic E-state index is 15.2. The minimum Gasteiger partial charge on any atom is -0.493 e. The largest absolute Gasteiger partial charge is 0.493 e. The highest BCUT2D eigenvalue weighted by Gasteiger charge is 2.11. The molecule has 0 unspecified atom stereocenters. The van der Waals surface area contributed by atoms with Crippen molar-refractivity contribution in [2.24, 2.45) is 0 Å². The Hall–Kier alpha value is -3.54. The number of fused-ring (bicyclic) bond motifs is 1. The number of hydrogen-bond acceptors (Lipinski definition) is 2. The van der Waals surface area contributed by atoms with E-state index < -0.39 is 6.61 Å². The molecule has 0 bridgehead atoms. The molecular weight excluding hydrogens is 504 g/mol. The molecular formula is C33H34F4O2. The number of rotatable bonds is 14. The van der Waals surface area contributed by atoms with Gasteiger partial charge >= 0.3 is 6.61 Å². The maximum absolute atomic E-state index is 15.2. The summed E-state index contributed by atoms with van der Waals surface area (Å²) in [5, 5.41) is 1.35. The summed E-state index contributed by atoms with van der Waals surface area (Å²) < 4.78 is 64.5. The van der Waals surface area contributed by atoms with E-state index in [1.54, 1.807) is 30.3 Å². The molecule has 0 spiro atoms. The van der Waals surface area contributed by atoms with Gasteiger partial charge in [-0.2, -0.15) is 8.78 Å². The van der Waals surface area contributed by atoms with Crippen molar-refractivity contribution in [1.29, 1.82) is 0 Å². The van der Waals surface area contributed by atoms with Gasteiger partial charge in [-0.1, -0.05) is 74.7 Å². The molecule has 0 N–H and O–H groups in total. The second-order valence-electron chi connectivity index (χ2n) is 9.78. The molecule has 0 aliphatic carbocycles. The molecule has 39 heavy (non-hydrogen) atoms. The fourth-order valence-electron chi connectivity index (χ4n) is 4.67. The first-order valence-electron chi connectivity index (χ1n) is 13.6. The fraction of sp³-hybridized carbons (Fsp3) is 0.333. The third-order valence-corrected chi connectivity index (χ3v) is 6.90. The van der Waals surface area contributed by atoms with Crippen LogP contribution in [0.5, 0.6) is 11.5 Å². The number of benzene rings is 4. The summed E-state index contributed by atoms with van der Waals surface area (Å²) >= 11 is 0. The van der Waals surface area contributed by atoms with Crippen LogP contribution in [0.4, 0.5) is 17.6 Å². The molecule has 0 fully saturated rings. The van der Waals surface area contributed by atoms with E-state index in [4.69, 9.17) is 4.74 Å². The van der Waals surface area contributed by atoms with Gasteiger partial charge in [0.25, 0.3) is 0 Å². The first-order valence-corrected chi connectivity index (χ1v) is 13.6. The van der Waals surface area contributed by atoms with Gasteiger partial charge in [-0.3, -0.25) is 0 Å². The number of hydrogen-bond donors (Lipinski definition) is 0. The van der Waals surface area contributed by atoms with Crippen LogP contribution in [0.3, 0.4) is 0 Å². The van der Waals surface area contributed by atoms with Gasteiger partial charge < -0.3 is 9.47 Å². The Morgan fingerprint density at radius 3 is 2.10 bits per heavy atom. The van der Waals surface area contributed by atoms with Crippen molar-refractivity contribution in [3.05, 3.63) is 107 Å². The van der Waals surface area contributed by atoms with Crippen LogP contribution in [-0.2, 0) is 25.7 Å². The summed E-state index contributed by atoms with van der Waals surface area (Å²) in [5.74, 6) is 0.132. The molecule has 6 heteroatoms. The zero-order valence-corrected chi connectivity index (χ0v) is 22.2. The van der Waals surface area contributed by atoms with Gasteiger partial charge in [-0.05, 0) is 77.9 Å². The minimum absolute atomic E-state index is 0.100. The van der Waals surface area contributed by atoms with E-state index in [0.29, 0.717) is 54.6 Å². The van der Waals surface area contributed by atoms with Gasteiger partial charge in [-0.25, -0.2) is 8.78 Å². The highest BCUT2D eigenvalue weighted by molar-refractivity contribution is 5.84. The van der Waals surface area contributed by atoms with E-state index in [1.165, 1.54) is 31.0 Å². The summed E-state index contributed by atoms with van der Waals surface area (Å²) in [4.78, 5) is 0. The molecule has 0 aromatic heterocycles. The monoisotopic (exact) mass is 538 g/mol. The third kappa shape index (κ3) is 8.22. The van der Waals surface area contributed by atoms with Crippen molar-refractivity contribution in [1.82, 2.24) is 0 Å². The Morgan fingerprint density at radius 1 is 0.667 bits per heavy atom. The van der Waals surface area contributed by atoms with Gasteiger partial charge in [0.05, 0.1) is 6.61 Å². The molecule has 4 aromatic rings. The zero-order valence-electron chi connectivity index (χ0n) is 22.2. The average Bonchev–Trinajstić information content (AvgIpc) is 2.92. The predicted octanol–water partition coefficient (Wildman–Crippen LogP) is 9.25. The number of alkyl halides is 2. The van der Waals surface area contributed by atoms with E-state index in [-0.39, 0.29) is 17.4 Å². The Kier molecular flexibility index (Phi) is 10.2. The first kappa shape index (κ1) is 28.5. The molecule has 0 aliphatic heterocycles. The Balaban J connectivity index is 1.33. The summed E-state index contributed by atoms with van der Waals surface area (Å²) in [6.07, 6.45) is 6.66. The molecule has 0 amide bonds. The Labute approximate surface area is 227 Å². The quantitative estimate of drug-likeness (QED) is 0.118. The number of aryl methyl sites for hydroxylation is 4. The lowest BCUT2D eigenvalue weighted by Crippen LogP contribution is -2.02. The molecule has 4 aromatic carbocycles. The fourth-order valence-corrected chi connectivity index (χ4v) is 4.67. The van der Waals surface area contributed by atoms with Crippen LogP contribution in [0.15, 0.2) is 72.8 Å². The standard InChI is InChI=1S/C33H34F4O2/c1-2-3-4-5-20-38-29-18-15-25(31(34)22-29)11-7-24-10-19-30-27(21-24)14-13-26(32(30)35)12-6-23-8-16-28(17-9-23)39-33(36)37/h8-10,13-19,21-22,33H,2-7,11-12,20H2,1H3. The van der Waals surface area contributed by atoms with Crippen molar-refractivity contribution in [2.45, 2.75) is 64.9 Å². The summed E-state index contributed by atoms with van der Waals surface area (Å²) in [6, 6.07) is 20.8. The van der Waals surface area contributed by atoms with Gasteiger partial charge in [0.2, 0.25) is 0 Å². The van der Waals surface area contributed by atoms with E-state index in [9.17, 15) is 13.2 Å². The van der Waals surface area contributed by atoms with Crippen molar-refractivity contribution < 1.29 is 27.0 Å². The van der Waals surface area contributed by atoms with Crippen LogP contribution in [-0.4, -0.2) is 13.2 Å². The van der Waals surface area contributed by atoms with E-state index in [1.807, 2.05) is 24.3 Å². The van der Waals surface area contributed by atoms with Crippen LogP contribution in [0.1, 0.15) is 54.9 Å². The predicted molar refractivity (Wildman–Crippen MR) is 148 cm³/mol. The van der Waals surface area contributed by atoms with Crippen LogP contribution < -0.4 is 9.47 Å². The SMILES string of the molecule is CCCCCCOc1ccc(CCc2ccc3c(F)c(CCc4ccc(OC(F)F)cc4)ccc3c2)c(F)c1. The smallest absolute Gasteiger partial charge is 0.387 e. The van der Waals surface area contributed by atoms with Crippen molar-refractivity contribution in [3.8, 4) is 11.5 Å². The van der Waals surface area contributed by atoms with Crippen LogP contribution in [0, 0.1) is 11.6 Å². The summed E-state index contributed by atoms with van der Waals surface area (Å²) in [7, 11) is 0. The van der Waals surface area contributed by atoms with Gasteiger partial charge in [0.15, 0.2) is 0 Å². The van der Waals surface area contributed by atoms with Gasteiger partial charge in [0.1, 0.15) is 23.1 Å². The van der Waals surface area contributed by atoms with E-state index >= 15 is 4.39 Å². The van der Waals surface area contributed by atoms with Crippen LogP contribution in [0.25, 0.3) is 10.8 Å². The van der Waals surface area contributed by atoms with Crippen molar-refractivity contribution >= 4 is 10.8 Å². The molecule has 0 saturated heterocycles. The lowest BCUT2D eigenvalue weighted by atomic mass is 9.97. The molecule has 0 saturated carbocycles. The average molecular weight is 539 g/mol. The molecule has 0 radical (unpaired) electrons. The Morgan fingerprint density at radius 2 is 1.36 bits per heavy atom. The van der Waals surface area contributed by atoms with Crippen molar-refractivity contribution in [2.75, 3.05) is 6.61 Å². The zero-order chi connectivity index (χ0) is 27.6. The second-order valence-corrected chi connectivity index (χ2v) is 9.78. The lowest BCUT2D eigenvalue weighted by Gasteiger charge is -2.11. The first-order chi connectivity index (χ1) is 18.9. The van der Waals surface area contributed by atoms with Gasteiger partial charge in [-0.15, -0.1) is 0 Å². The topological polar surface area (TPSA) is 18.5 Å². The van der Waals surface area contributed by atoms with Gasteiger partial charge in [0, 0.05) is 11.5 Å². The normalized spacial score (nSPS) is 11.3. The molecule has 2 nitrogen and oxygen atoms in total. The van der Waals surface area contributed by atoms with Crippen LogP contribution >= 0.6 is 0 Å². The molecule has 206 valence electrons. The molecule has 4 rings (SSSR count). The van der Waals surface area contributed by atoms with Crippen LogP contribution in [0.2, 0.25) is 0 Å². The third-order valence-electron chi connectivity index (χ3n) is 6.90. The van der Waals surface area contributed by atoms with Crippen molar-refractivity contribution in [3.63, 3.8) is 0 Å². The Bertz CT molecular complexity index is 1350. The van der Waals surface area contributed by atoms with E-state index in [2.05, 4.69) is 11.7 Å². The lowest BCUT2D eigenvalue weighted by molar-refractivity contribution is -0.0498. The number of ether oxygens (including phenoxy) is 2. The molecule has 0 aliphatic rings. The van der Waals surface area contributed by atoms with E-state index in [0.717, 1.165) is 29.4 Å². The highest BCUT2D eigenvalue weighted by atomic mass is 19.3. The maximum Gasteiger partial charge on any atom is 0.387 e. The second kappa shape index (κ2) is 14.0.